The minimum atomic E-state index is -3.32. The zero-order valence-corrected chi connectivity index (χ0v) is 17.7. The Bertz CT molecular complexity index is 768. The molecule has 0 spiro atoms. The highest BCUT2D eigenvalue weighted by Crippen LogP contribution is 2.51. The van der Waals surface area contributed by atoms with Gasteiger partial charge in [-0.1, -0.05) is 60.7 Å². The fourth-order valence-electron chi connectivity index (χ4n) is 3.24. The van der Waals surface area contributed by atoms with Crippen molar-refractivity contribution < 1.29 is 23.1 Å². The van der Waals surface area contributed by atoms with Gasteiger partial charge < -0.3 is 13.8 Å². The Labute approximate surface area is 167 Å². The van der Waals surface area contributed by atoms with Gasteiger partial charge in [-0.15, -0.1) is 0 Å². The Kier molecular flexibility index (Phi) is 8.58. The molecule has 2 rings (SSSR count). The van der Waals surface area contributed by atoms with Crippen LogP contribution in [0.1, 0.15) is 43.1 Å². The van der Waals surface area contributed by atoms with E-state index in [0.717, 1.165) is 5.56 Å². The molecule has 0 heterocycles. The maximum Gasteiger partial charge on any atom is 0.330 e. The third-order valence-corrected chi connectivity index (χ3v) is 6.50. The Morgan fingerprint density at radius 1 is 0.857 bits per heavy atom. The lowest BCUT2D eigenvalue weighted by molar-refractivity contribution is -0.0268. The molecule has 152 valence electrons. The standard InChI is InChI=1S/C22H29O5P/c1-4-25-22(20-15-11-8-12-16-20,21(23)19-13-9-7-10-14-19)17-18-28(24,26-5-2)27-6-3/h7-16H,4-6,17-18H2,1-3H3. The van der Waals surface area contributed by atoms with Crippen LogP contribution in [0, 0.1) is 0 Å². The highest BCUT2D eigenvalue weighted by Gasteiger charge is 2.43. The molecule has 2 aromatic rings. The maximum absolute atomic E-state index is 13.6. The number of carbonyl (C=O) groups is 1. The molecule has 1 atom stereocenters. The molecule has 0 aliphatic rings. The number of ketones is 1. The molecule has 0 N–H and O–H groups in total. The minimum absolute atomic E-state index is 0.0855. The van der Waals surface area contributed by atoms with Gasteiger partial charge in [-0.05, 0) is 32.8 Å². The van der Waals surface area contributed by atoms with Crippen LogP contribution in [-0.4, -0.2) is 31.8 Å². The zero-order chi connectivity index (χ0) is 20.5. The highest BCUT2D eigenvalue weighted by molar-refractivity contribution is 7.53. The van der Waals surface area contributed by atoms with Crippen LogP contribution in [-0.2, 0) is 24.0 Å². The van der Waals surface area contributed by atoms with Crippen LogP contribution in [0.15, 0.2) is 60.7 Å². The summed E-state index contributed by atoms with van der Waals surface area (Å²) >= 11 is 0. The second-order valence-electron chi connectivity index (χ2n) is 6.24. The fraction of sp³-hybridized carbons (Fsp3) is 0.409. The summed E-state index contributed by atoms with van der Waals surface area (Å²) in [5.41, 5.74) is 0.00835. The molecule has 0 saturated carbocycles. The third kappa shape index (κ3) is 5.39. The first-order chi connectivity index (χ1) is 13.5. The van der Waals surface area contributed by atoms with Crippen molar-refractivity contribution in [3.05, 3.63) is 71.8 Å². The Balaban J connectivity index is 2.48. The summed E-state index contributed by atoms with van der Waals surface area (Å²) in [6.07, 6.45) is 0.276. The van der Waals surface area contributed by atoms with Gasteiger partial charge in [-0.25, -0.2) is 0 Å². The summed E-state index contributed by atoms with van der Waals surface area (Å²) < 4.78 is 30.0. The van der Waals surface area contributed by atoms with Crippen LogP contribution < -0.4 is 0 Å². The number of benzene rings is 2. The lowest BCUT2D eigenvalue weighted by Crippen LogP contribution is -2.40. The average molecular weight is 404 g/mol. The van der Waals surface area contributed by atoms with E-state index in [4.69, 9.17) is 13.8 Å². The van der Waals surface area contributed by atoms with E-state index in [-0.39, 0.29) is 31.6 Å². The summed E-state index contributed by atoms with van der Waals surface area (Å²) in [5, 5.41) is 0. The van der Waals surface area contributed by atoms with Crippen molar-refractivity contribution in [2.45, 2.75) is 32.8 Å². The van der Waals surface area contributed by atoms with Crippen molar-refractivity contribution in [2.75, 3.05) is 26.0 Å². The second kappa shape index (κ2) is 10.7. The Morgan fingerprint density at radius 3 is 1.89 bits per heavy atom. The molecular weight excluding hydrogens is 375 g/mol. The molecule has 0 saturated heterocycles. The predicted octanol–water partition coefficient (Wildman–Crippen LogP) is 5.46. The van der Waals surface area contributed by atoms with Gasteiger partial charge in [0.25, 0.3) is 0 Å². The summed E-state index contributed by atoms with van der Waals surface area (Å²) in [6.45, 7) is 6.27. The average Bonchev–Trinajstić information content (AvgIpc) is 2.72. The van der Waals surface area contributed by atoms with Gasteiger partial charge in [0.1, 0.15) is 0 Å². The lowest BCUT2D eigenvalue weighted by atomic mass is 9.83. The molecule has 0 amide bonds. The minimum Gasteiger partial charge on any atom is -0.362 e. The van der Waals surface area contributed by atoms with E-state index in [1.807, 2.05) is 55.5 Å². The molecule has 0 bridgehead atoms. The van der Waals surface area contributed by atoms with Crippen molar-refractivity contribution in [1.82, 2.24) is 0 Å². The Morgan fingerprint density at radius 2 is 1.39 bits per heavy atom. The van der Waals surface area contributed by atoms with Gasteiger partial charge in [0, 0.05) is 12.2 Å². The molecule has 28 heavy (non-hydrogen) atoms. The van der Waals surface area contributed by atoms with E-state index >= 15 is 0 Å². The maximum atomic E-state index is 13.6. The second-order valence-corrected chi connectivity index (χ2v) is 8.43. The zero-order valence-electron chi connectivity index (χ0n) is 16.8. The molecule has 0 aliphatic carbocycles. The first-order valence-corrected chi connectivity index (χ1v) is 11.4. The summed E-state index contributed by atoms with van der Waals surface area (Å²) in [6, 6.07) is 18.4. The molecule has 0 aliphatic heterocycles. The van der Waals surface area contributed by atoms with Gasteiger partial charge in [-0.3, -0.25) is 9.36 Å². The molecule has 2 aromatic carbocycles. The van der Waals surface area contributed by atoms with Crippen molar-refractivity contribution in [1.29, 1.82) is 0 Å². The van der Waals surface area contributed by atoms with E-state index in [1.54, 1.807) is 26.0 Å². The van der Waals surface area contributed by atoms with Crippen molar-refractivity contribution >= 4 is 13.4 Å². The number of ether oxygens (including phenoxy) is 1. The third-order valence-electron chi connectivity index (χ3n) is 4.42. The molecule has 1 unspecified atom stereocenters. The predicted molar refractivity (Wildman–Crippen MR) is 111 cm³/mol. The van der Waals surface area contributed by atoms with Crippen LogP contribution in [0.3, 0.4) is 0 Å². The van der Waals surface area contributed by atoms with Crippen LogP contribution in [0.5, 0.6) is 0 Å². The van der Waals surface area contributed by atoms with E-state index in [0.29, 0.717) is 12.2 Å². The number of carbonyl (C=O) groups excluding carboxylic acids is 1. The largest absolute Gasteiger partial charge is 0.362 e. The lowest BCUT2D eigenvalue weighted by Gasteiger charge is -2.34. The number of rotatable bonds is 12. The quantitative estimate of drug-likeness (QED) is 0.347. The summed E-state index contributed by atoms with van der Waals surface area (Å²) in [5.74, 6) is -0.166. The van der Waals surface area contributed by atoms with Gasteiger partial charge >= 0.3 is 7.60 Å². The molecule has 6 heteroatoms. The number of hydrogen-bond donors (Lipinski definition) is 0. The van der Waals surface area contributed by atoms with Crippen molar-refractivity contribution in [3.8, 4) is 0 Å². The first-order valence-electron chi connectivity index (χ1n) is 9.68. The number of Topliss-reactive ketones (excluding diaryl/α,β-unsaturated/α-hetero) is 1. The van der Waals surface area contributed by atoms with Crippen molar-refractivity contribution in [3.63, 3.8) is 0 Å². The van der Waals surface area contributed by atoms with E-state index in [2.05, 4.69) is 0 Å². The molecule has 0 radical (unpaired) electrons. The highest BCUT2D eigenvalue weighted by atomic mass is 31.2. The topological polar surface area (TPSA) is 61.8 Å². The van der Waals surface area contributed by atoms with Gasteiger partial charge in [0.15, 0.2) is 11.4 Å². The van der Waals surface area contributed by atoms with Crippen molar-refractivity contribution in [2.24, 2.45) is 0 Å². The van der Waals surface area contributed by atoms with Crippen LogP contribution >= 0.6 is 7.60 Å². The molecule has 5 nitrogen and oxygen atoms in total. The van der Waals surface area contributed by atoms with Gasteiger partial charge in [0.2, 0.25) is 0 Å². The van der Waals surface area contributed by atoms with E-state index in [9.17, 15) is 9.36 Å². The SMILES string of the molecule is CCOC(CCP(=O)(OCC)OCC)(C(=O)c1ccccc1)c1ccccc1. The van der Waals surface area contributed by atoms with Gasteiger partial charge in [-0.2, -0.15) is 0 Å². The monoisotopic (exact) mass is 404 g/mol. The van der Waals surface area contributed by atoms with Crippen LogP contribution in [0.2, 0.25) is 0 Å². The van der Waals surface area contributed by atoms with E-state index in [1.165, 1.54) is 0 Å². The van der Waals surface area contributed by atoms with Crippen LogP contribution in [0.4, 0.5) is 0 Å². The molecular formula is C22H29O5P. The van der Waals surface area contributed by atoms with Gasteiger partial charge in [0.05, 0.1) is 19.4 Å². The summed E-state index contributed by atoms with van der Waals surface area (Å²) in [7, 11) is -3.32. The normalized spacial score (nSPS) is 13.8. The van der Waals surface area contributed by atoms with E-state index < -0.39 is 13.2 Å². The Hall–Kier alpha value is -1.78. The first kappa shape index (κ1) is 22.5. The fourth-order valence-corrected chi connectivity index (χ4v) is 4.95. The van der Waals surface area contributed by atoms with Crippen LogP contribution in [0.25, 0.3) is 0 Å². The molecule has 0 fully saturated rings. The smallest absolute Gasteiger partial charge is 0.330 e. The number of hydrogen-bond acceptors (Lipinski definition) is 5. The summed E-state index contributed by atoms with van der Waals surface area (Å²) in [4.78, 5) is 13.6. The molecule has 0 aromatic heterocycles.